The number of hydrogen-bond acceptors (Lipinski definition) is 4. The number of nitrogens with one attached hydrogen (secondary N) is 1. The van der Waals surface area contributed by atoms with Crippen LogP contribution in [0.25, 0.3) is 10.9 Å². The van der Waals surface area contributed by atoms with Crippen molar-refractivity contribution in [3.63, 3.8) is 0 Å². The SMILES string of the molecule is CC(=O)O[C@]1(C2=CC=C2)OCCc2c1[nH]c1c(C)ccc(C#N)c21. The van der Waals surface area contributed by atoms with Crippen molar-refractivity contribution in [1.29, 1.82) is 5.26 Å². The summed E-state index contributed by atoms with van der Waals surface area (Å²) >= 11 is 0. The molecule has 1 aliphatic heterocycles. The summed E-state index contributed by atoms with van der Waals surface area (Å²) in [5.41, 5.74) is 5.03. The quantitative estimate of drug-likeness (QED) is 0.863. The first-order chi connectivity index (χ1) is 11.6. The fourth-order valence-electron chi connectivity index (χ4n) is 3.48. The van der Waals surface area contributed by atoms with Gasteiger partial charge in [-0.3, -0.25) is 4.79 Å². The van der Waals surface area contributed by atoms with Crippen LogP contribution in [0.15, 0.2) is 35.9 Å². The van der Waals surface area contributed by atoms with Crippen molar-refractivity contribution in [2.75, 3.05) is 6.61 Å². The molecule has 0 radical (unpaired) electrons. The van der Waals surface area contributed by atoms with Crippen molar-refractivity contribution in [1.82, 2.24) is 4.98 Å². The summed E-state index contributed by atoms with van der Waals surface area (Å²) in [4.78, 5) is 15.1. The maximum absolute atomic E-state index is 11.8. The average molecular weight is 320 g/mol. The van der Waals surface area contributed by atoms with Gasteiger partial charge in [-0.2, -0.15) is 5.26 Å². The Hall–Kier alpha value is -2.84. The van der Waals surface area contributed by atoms with Gasteiger partial charge in [0.05, 0.1) is 29.5 Å². The lowest BCUT2D eigenvalue weighted by Gasteiger charge is -2.38. The summed E-state index contributed by atoms with van der Waals surface area (Å²) in [5.74, 6) is -1.67. The van der Waals surface area contributed by atoms with E-state index in [0.717, 1.165) is 27.6 Å². The average Bonchev–Trinajstić information content (AvgIpc) is 2.88. The number of carbonyl (C=O) groups excluding carboxylic acids is 1. The molecule has 5 nitrogen and oxygen atoms in total. The number of nitrogens with zero attached hydrogens (tertiary/aromatic N) is 1. The van der Waals surface area contributed by atoms with Gasteiger partial charge in [0, 0.05) is 17.9 Å². The van der Waals surface area contributed by atoms with Crippen LogP contribution in [0, 0.1) is 18.3 Å². The minimum atomic E-state index is -1.26. The summed E-state index contributed by atoms with van der Waals surface area (Å²) in [5, 5.41) is 10.4. The number of H-pyrrole nitrogens is 1. The molecule has 120 valence electrons. The van der Waals surface area contributed by atoms with E-state index < -0.39 is 11.8 Å². The smallest absolute Gasteiger partial charge is 0.305 e. The molecule has 0 unspecified atom stereocenters. The largest absolute Gasteiger partial charge is 0.422 e. The Morgan fingerprint density at radius 1 is 1.46 bits per heavy atom. The van der Waals surface area contributed by atoms with E-state index in [1.165, 1.54) is 6.92 Å². The number of esters is 1. The Kier molecular flexibility index (Phi) is 3.12. The van der Waals surface area contributed by atoms with Crippen molar-refractivity contribution in [3.05, 3.63) is 58.3 Å². The van der Waals surface area contributed by atoms with Crippen molar-refractivity contribution < 1.29 is 14.3 Å². The number of nitriles is 1. The van der Waals surface area contributed by atoms with Crippen LogP contribution in [0.2, 0.25) is 0 Å². The summed E-state index contributed by atoms with van der Waals surface area (Å²) in [7, 11) is 0. The zero-order valence-corrected chi connectivity index (χ0v) is 13.5. The van der Waals surface area contributed by atoms with Gasteiger partial charge in [0.1, 0.15) is 0 Å². The van der Waals surface area contributed by atoms with E-state index in [0.29, 0.717) is 24.3 Å². The summed E-state index contributed by atoms with van der Waals surface area (Å²) in [6.45, 7) is 3.77. The molecule has 5 heteroatoms. The second-order valence-corrected chi connectivity index (χ2v) is 6.06. The van der Waals surface area contributed by atoms with Crippen LogP contribution in [0.1, 0.15) is 29.3 Å². The van der Waals surface area contributed by atoms with Crippen LogP contribution in [0.3, 0.4) is 0 Å². The van der Waals surface area contributed by atoms with E-state index in [9.17, 15) is 10.1 Å². The maximum Gasteiger partial charge on any atom is 0.305 e. The minimum absolute atomic E-state index is 0.414. The molecule has 1 aromatic heterocycles. The third-order valence-corrected chi connectivity index (χ3v) is 4.59. The monoisotopic (exact) mass is 320 g/mol. The number of allylic oxidation sites excluding steroid dienone is 2. The first kappa shape index (κ1) is 14.7. The Balaban J connectivity index is 2.04. The van der Waals surface area contributed by atoms with E-state index in [-0.39, 0.29) is 0 Å². The van der Waals surface area contributed by atoms with Gasteiger partial charge in [0.25, 0.3) is 5.79 Å². The lowest BCUT2D eigenvalue weighted by Crippen LogP contribution is -2.42. The van der Waals surface area contributed by atoms with Crippen LogP contribution in [-0.2, 0) is 26.5 Å². The fraction of sp³-hybridized carbons (Fsp3) is 0.263. The molecule has 0 saturated carbocycles. The molecule has 0 spiro atoms. The Morgan fingerprint density at radius 2 is 2.25 bits per heavy atom. The van der Waals surface area contributed by atoms with Crippen molar-refractivity contribution in [3.8, 4) is 6.07 Å². The van der Waals surface area contributed by atoms with Crippen molar-refractivity contribution in [2.45, 2.75) is 26.1 Å². The van der Waals surface area contributed by atoms with E-state index in [1.807, 2.05) is 37.3 Å². The molecule has 2 aliphatic rings. The van der Waals surface area contributed by atoms with Gasteiger partial charge in [-0.25, -0.2) is 0 Å². The number of aromatic amines is 1. The predicted octanol–water partition coefficient (Wildman–Crippen LogP) is 3.13. The number of benzene rings is 1. The number of aryl methyl sites for hydroxylation is 1. The number of hydrogen-bond donors (Lipinski definition) is 1. The van der Waals surface area contributed by atoms with Crippen molar-refractivity contribution >= 4 is 16.9 Å². The first-order valence-electron chi connectivity index (χ1n) is 7.84. The fourth-order valence-corrected chi connectivity index (χ4v) is 3.48. The van der Waals surface area contributed by atoms with E-state index >= 15 is 0 Å². The van der Waals surface area contributed by atoms with Gasteiger partial charge in [0.2, 0.25) is 0 Å². The molecule has 2 heterocycles. The second-order valence-electron chi connectivity index (χ2n) is 6.06. The van der Waals surface area contributed by atoms with Gasteiger partial charge in [-0.15, -0.1) is 0 Å². The van der Waals surface area contributed by atoms with Crippen LogP contribution in [0.5, 0.6) is 0 Å². The normalized spacial score (nSPS) is 21.6. The molecule has 1 N–H and O–H groups in total. The van der Waals surface area contributed by atoms with Crippen molar-refractivity contribution in [2.24, 2.45) is 0 Å². The molecule has 1 aliphatic carbocycles. The molecule has 0 fully saturated rings. The zero-order chi connectivity index (χ0) is 16.9. The topological polar surface area (TPSA) is 75.1 Å². The summed E-state index contributed by atoms with van der Waals surface area (Å²) in [6, 6.07) is 6.01. The number of ether oxygens (including phenoxy) is 2. The Labute approximate surface area is 139 Å². The highest BCUT2D eigenvalue weighted by atomic mass is 16.7. The van der Waals surface area contributed by atoms with Gasteiger partial charge in [-0.1, -0.05) is 24.3 Å². The highest BCUT2D eigenvalue weighted by Gasteiger charge is 2.47. The van der Waals surface area contributed by atoms with Crippen LogP contribution >= 0.6 is 0 Å². The molecule has 0 saturated heterocycles. The second kappa shape index (κ2) is 5.08. The third-order valence-electron chi connectivity index (χ3n) is 4.59. The molecule has 1 aromatic carbocycles. The zero-order valence-electron chi connectivity index (χ0n) is 13.5. The van der Waals surface area contributed by atoms with Gasteiger partial charge < -0.3 is 14.5 Å². The number of fused-ring (bicyclic) bond motifs is 3. The predicted molar refractivity (Wildman–Crippen MR) is 88.1 cm³/mol. The molecule has 1 atom stereocenters. The summed E-state index contributed by atoms with van der Waals surface area (Å²) in [6.07, 6.45) is 6.30. The van der Waals surface area contributed by atoms with E-state index in [4.69, 9.17) is 9.47 Å². The highest BCUT2D eigenvalue weighted by Crippen LogP contribution is 2.45. The van der Waals surface area contributed by atoms with E-state index in [1.54, 1.807) is 0 Å². The Morgan fingerprint density at radius 3 is 2.88 bits per heavy atom. The van der Waals surface area contributed by atoms with Crippen LogP contribution in [0.4, 0.5) is 0 Å². The molecule has 4 rings (SSSR count). The first-order valence-corrected chi connectivity index (χ1v) is 7.84. The molecule has 24 heavy (non-hydrogen) atoms. The van der Waals surface area contributed by atoms with Gasteiger partial charge in [-0.05, 0) is 30.5 Å². The summed E-state index contributed by atoms with van der Waals surface area (Å²) < 4.78 is 11.6. The van der Waals surface area contributed by atoms with Gasteiger partial charge >= 0.3 is 5.97 Å². The third kappa shape index (κ3) is 1.87. The molecular formula is C19H16N2O3. The molecule has 0 bridgehead atoms. The van der Waals surface area contributed by atoms with Gasteiger partial charge in [0.15, 0.2) is 0 Å². The van der Waals surface area contributed by atoms with E-state index in [2.05, 4.69) is 11.1 Å². The molecule has 2 aromatic rings. The lowest BCUT2D eigenvalue weighted by atomic mass is 9.89. The van der Waals surface area contributed by atoms with Crippen LogP contribution in [-0.4, -0.2) is 17.6 Å². The number of rotatable bonds is 2. The number of aromatic nitrogens is 1. The number of carbonyl (C=O) groups is 1. The highest BCUT2D eigenvalue weighted by molar-refractivity contribution is 5.93. The maximum atomic E-state index is 11.8. The Bertz CT molecular complexity index is 975. The standard InChI is InChI=1S/C19H16N2O3/c1-11-6-7-13(10-20)16-15-8-9-23-19(24-12(2)22,14-4-3-5-14)18(15)21-17(11)16/h3-7,21H,8-9H2,1-2H3/t19-/m0/s1. The molecule has 0 amide bonds. The van der Waals surface area contributed by atoms with Crippen LogP contribution < -0.4 is 0 Å². The minimum Gasteiger partial charge on any atom is -0.422 e. The molecular weight excluding hydrogens is 304 g/mol. The lowest BCUT2D eigenvalue weighted by molar-refractivity contribution is -0.223.